The molecule has 0 saturated heterocycles. The summed E-state index contributed by atoms with van der Waals surface area (Å²) < 4.78 is 10.8. The SMILES string of the molecule is CC1=C(OCC2CC2)N(C)CC(C(C)N2Cc3c(ccnc3C(=O)OP)C2=O)=C1. The maximum Gasteiger partial charge on any atom is 0.359 e. The highest BCUT2D eigenvalue weighted by Crippen LogP contribution is 2.33. The number of ether oxygens (including phenoxy) is 1. The molecule has 1 aromatic rings. The number of pyridine rings is 1. The van der Waals surface area contributed by atoms with Crippen molar-refractivity contribution >= 4 is 21.3 Å². The standard InChI is InChI=1S/C21H26N3O4P/c1-12-8-15(9-23(3)20(12)27-11-14-4-5-14)13(2)24-10-17-16(19(24)25)6-7-22-18(17)21(26)28-29/h6-8,13-14H,4-5,9-11,29H2,1-3H3. The lowest BCUT2D eigenvalue weighted by Gasteiger charge is -2.34. The van der Waals surface area contributed by atoms with Crippen molar-refractivity contribution in [1.82, 2.24) is 14.8 Å². The second kappa shape index (κ2) is 7.79. The molecule has 3 heterocycles. The van der Waals surface area contributed by atoms with Crippen LogP contribution in [0.15, 0.2) is 35.4 Å². The number of hydrogen-bond donors (Lipinski definition) is 0. The van der Waals surface area contributed by atoms with Crippen molar-refractivity contribution in [2.24, 2.45) is 5.92 Å². The van der Waals surface area contributed by atoms with Gasteiger partial charge in [0.15, 0.2) is 11.6 Å². The van der Waals surface area contributed by atoms with Gasteiger partial charge in [0.2, 0.25) is 0 Å². The third kappa shape index (κ3) is 3.76. The number of likely N-dealkylation sites (N-methyl/N-ethyl adjacent to an activating group) is 1. The summed E-state index contributed by atoms with van der Waals surface area (Å²) in [4.78, 5) is 33.1. The predicted octanol–water partition coefficient (Wildman–Crippen LogP) is 2.90. The number of hydrogen-bond acceptors (Lipinski definition) is 6. The number of nitrogens with zero attached hydrogens (tertiary/aromatic N) is 3. The van der Waals surface area contributed by atoms with Gasteiger partial charge in [-0.1, -0.05) is 6.08 Å². The maximum atomic E-state index is 13.0. The molecule has 2 atom stereocenters. The first-order valence-corrected chi connectivity index (χ1v) is 10.3. The molecule has 0 radical (unpaired) electrons. The van der Waals surface area contributed by atoms with Gasteiger partial charge >= 0.3 is 5.97 Å². The van der Waals surface area contributed by atoms with Crippen molar-refractivity contribution in [3.63, 3.8) is 0 Å². The van der Waals surface area contributed by atoms with E-state index in [9.17, 15) is 9.59 Å². The molecule has 154 valence electrons. The molecule has 29 heavy (non-hydrogen) atoms. The quantitative estimate of drug-likeness (QED) is 0.666. The van der Waals surface area contributed by atoms with Crippen LogP contribution in [0.3, 0.4) is 0 Å². The molecule has 1 saturated carbocycles. The lowest BCUT2D eigenvalue weighted by atomic mass is 10.0. The highest BCUT2D eigenvalue weighted by Gasteiger charge is 2.36. The van der Waals surface area contributed by atoms with Gasteiger partial charge in [-0.15, -0.1) is 0 Å². The fourth-order valence-electron chi connectivity index (χ4n) is 3.98. The molecule has 1 amide bonds. The molecule has 4 rings (SSSR count). The van der Waals surface area contributed by atoms with Crippen molar-refractivity contribution in [1.29, 1.82) is 0 Å². The molecule has 7 nitrogen and oxygen atoms in total. The number of fused-ring (bicyclic) bond motifs is 1. The van der Waals surface area contributed by atoms with Gasteiger partial charge in [0.1, 0.15) is 0 Å². The molecule has 0 bridgehead atoms. The van der Waals surface area contributed by atoms with E-state index in [1.54, 1.807) is 11.0 Å². The Kier molecular flexibility index (Phi) is 5.34. The molecule has 3 aliphatic rings. The second-order valence-corrected chi connectivity index (χ2v) is 8.25. The zero-order chi connectivity index (χ0) is 20.7. The van der Waals surface area contributed by atoms with Crippen LogP contribution >= 0.6 is 9.47 Å². The van der Waals surface area contributed by atoms with Crippen molar-refractivity contribution in [2.45, 2.75) is 39.3 Å². The summed E-state index contributed by atoms with van der Waals surface area (Å²) in [5.41, 5.74) is 3.54. The normalized spacial score (nSPS) is 19.9. The molecule has 0 aromatic carbocycles. The van der Waals surface area contributed by atoms with Crippen LogP contribution in [0.4, 0.5) is 0 Å². The minimum atomic E-state index is -0.554. The Morgan fingerprint density at radius 3 is 2.79 bits per heavy atom. The van der Waals surface area contributed by atoms with Crippen LogP contribution < -0.4 is 0 Å². The first-order valence-electron chi connectivity index (χ1n) is 9.85. The van der Waals surface area contributed by atoms with E-state index in [1.807, 2.05) is 30.4 Å². The van der Waals surface area contributed by atoms with Crippen molar-refractivity contribution in [3.8, 4) is 0 Å². The summed E-state index contributed by atoms with van der Waals surface area (Å²) in [5, 5.41) is 0. The fraction of sp³-hybridized carbons (Fsp3) is 0.476. The summed E-state index contributed by atoms with van der Waals surface area (Å²) in [6.07, 6.45) is 6.12. The highest BCUT2D eigenvalue weighted by molar-refractivity contribution is 7.10. The van der Waals surface area contributed by atoms with Gasteiger partial charge in [-0.3, -0.25) is 4.79 Å². The van der Waals surface area contributed by atoms with E-state index in [0.29, 0.717) is 30.1 Å². The Labute approximate surface area is 173 Å². The predicted molar refractivity (Wildman–Crippen MR) is 111 cm³/mol. The Morgan fingerprint density at radius 2 is 2.14 bits per heavy atom. The monoisotopic (exact) mass is 415 g/mol. The molecule has 8 heteroatoms. The van der Waals surface area contributed by atoms with Crippen LogP contribution in [0, 0.1) is 5.92 Å². The van der Waals surface area contributed by atoms with E-state index < -0.39 is 5.97 Å². The summed E-state index contributed by atoms with van der Waals surface area (Å²) in [6.45, 7) is 5.87. The van der Waals surface area contributed by atoms with Gasteiger partial charge in [-0.2, -0.15) is 0 Å². The lowest BCUT2D eigenvalue weighted by Crippen LogP contribution is -2.39. The van der Waals surface area contributed by atoms with Crippen molar-refractivity contribution < 1.29 is 18.8 Å². The van der Waals surface area contributed by atoms with E-state index in [1.165, 1.54) is 19.0 Å². The van der Waals surface area contributed by atoms with Crippen LogP contribution in [-0.2, 0) is 15.8 Å². The molecule has 0 spiro atoms. The highest BCUT2D eigenvalue weighted by atomic mass is 31.0. The van der Waals surface area contributed by atoms with Gasteiger partial charge in [0.05, 0.1) is 22.1 Å². The average Bonchev–Trinajstić information content (AvgIpc) is 3.48. The minimum absolute atomic E-state index is 0.0892. The first-order chi connectivity index (χ1) is 13.9. The molecule has 1 aromatic heterocycles. The number of allylic oxidation sites excluding steroid dienone is 2. The third-order valence-electron chi connectivity index (χ3n) is 5.84. The molecule has 1 aliphatic carbocycles. The van der Waals surface area contributed by atoms with Crippen LogP contribution in [-0.4, -0.2) is 52.9 Å². The number of carbonyl (C=O) groups is 2. The third-order valence-corrected chi connectivity index (χ3v) is 6.05. The zero-order valence-corrected chi connectivity index (χ0v) is 18.1. The zero-order valence-electron chi connectivity index (χ0n) is 17.0. The van der Waals surface area contributed by atoms with E-state index in [4.69, 9.17) is 9.26 Å². The van der Waals surface area contributed by atoms with Crippen LogP contribution in [0.1, 0.15) is 53.1 Å². The smallest absolute Gasteiger partial charge is 0.359 e. The maximum absolute atomic E-state index is 13.0. The summed E-state index contributed by atoms with van der Waals surface area (Å²) in [7, 11) is 3.95. The van der Waals surface area contributed by atoms with E-state index in [0.717, 1.165) is 23.6 Å². The van der Waals surface area contributed by atoms with E-state index in [-0.39, 0.29) is 17.6 Å². The summed E-state index contributed by atoms with van der Waals surface area (Å²) in [5.74, 6) is 0.971. The molecule has 2 unspecified atom stereocenters. The van der Waals surface area contributed by atoms with Crippen molar-refractivity contribution in [2.75, 3.05) is 20.2 Å². The topological polar surface area (TPSA) is 72.0 Å². The summed E-state index contributed by atoms with van der Waals surface area (Å²) in [6, 6.07) is 1.55. The minimum Gasteiger partial charge on any atom is -0.479 e. The van der Waals surface area contributed by atoms with Crippen LogP contribution in [0.5, 0.6) is 0 Å². The van der Waals surface area contributed by atoms with Crippen LogP contribution in [0.2, 0.25) is 0 Å². The van der Waals surface area contributed by atoms with Crippen LogP contribution in [0.25, 0.3) is 0 Å². The summed E-state index contributed by atoms with van der Waals surface area (Å²) >= 11 is 0. The lowest BCUT2D eigenvalue weighted by molar-refractivity contribution is 0.0719. The Morgan fingerprint density at radius 1 is 1.38 bits per heavy atom. The average molecular weight is 415 g/mol. The fourth-order valence-corrected chi connectivity index (χ4v) is 4.10. The van der Waals surface area contributed by atoms with Gasteiger partial charge in [-0.05, 0) is 44.2 Å². The van der Waals surface area contributed by atoms with Crippen molar-refractivity contribution in [3.05, 3.63) is 52.2 Å². The molecular weight excluding hydrogens is 389 g/mol. The number of amides is 1. The van der Waals surface area contributed by atoms with Gasteiger partial charge < -0.3 is 19.1 Å². The molecule has 2 aliphatic heterocycles. The second-order valence-electron chi connectivity index (χ2n) is 8.02. The number of rotatable bonds is 6. The largest absolute Gasteiger partial charge is 0.479 e. The Balaban J connectivity index is 1.55. The van der Waals surface area contributed by atoms with Gasteiger partial charge in [0.25, 0.3) is 5.91 Å². The van der Waals surface area contributed by atoms with E-state index in [2.05, 4.69) is 16.0 Å². The Hall–Kier alpha value is -2.40. The van der Waals surface area contributed by atoms with E-state index >= 15 is 0 Å². The first kappa shape index (κ1) is 19.9. The number of aromatic nitrogens is 1. The van der Waals surface area contributed by atoms with Gasteiger partial charge in [-0.25, -0.2) is 9.78 Å². The number of carbonyl (C=O) groups excluding carboxylic acids is 2. The Bertz CT molecular complexity index is 923. The van der Waals surface area contributed by atoms with Gasteiger partial charge in [0, 0.05) is 43.0 Å². The molecular formula is C21H26N3O4P. The molecule has 0 N–H and O–H groups in total. The molecule has 1 fully saturated rings.